The van der Waals surface area contributed by atoms with E-state index in [1.54, 1.807) is 0 Å². The molecule has 1 heterocycles. The van der Waals surface area contributed by atoms with Crippen molar-refractivity contribution in [3.05, 3.63) is 0 Å². The molecule has 1 aliphatic carbocycles. The topological polar surface area (TPSA) is 73.2 Å². The molecule has 2 fully saturated rings. The van der Waals surface area contributed by atoms with E-state index < -0.39 is 18.3 Å². The Morgan fingerprint density at radius 1 is 1.00 bits per heavy atom. The minimum atomic E-state index is -0.821. The van der Waals surface area contributed by atoms with Crippen LogP contribution in [0.5, 0.6) is 0 Å². The van der Waals surface area contributed by atoms with Crippen LogP contribution >= 0.6 is 0 Å². The normalized spacial score (nSPS) is 59.7. The molecule has 2 rings (SSSR count). The van der Waals surface area contributed by atoms with Crippen LogP contribution in [0.25, 0.3) is 0 Å². The van der Waals surface area contributed by atoms with E-state index in [1.165, 1.54) is 0 Å². The van der Waals surface area contributed by atoms with Crippen molar-refractivity contribution in [2.45, 2.75) is 36.9 Å². The molecule has 0 spiro atoms. The predicted octanol–water partition coefficient (Wildman–Crippen LogP) is -1.76. The summed E-state index contributed by atoms with van der Waals surface area (Å²) >= 11 is 0. The minimum absolute atomic E-state index is 0.224. The lowest BCUT2D eigenvalue weighted by Crippen LogP contribution is -2.42. The van der Waals surface area contributed by atoms with Gasteiger partial charge in [0.05, 0.1) is 12.2 Å². The fourth-order valence-electron chi connectivity index (χ4n) is 1.46. The molecule has 1 saturated carbocycles. The second-order valence-electron chi connectivity index (χ2n) is 2.93. The van der Waals surface area contributed by atoms with Gasteiger partial charge in [0, 0.05) is 6.42 Å². The summed E-state index contributed by atoms with van der Waals surface area (Å²) in [4.78, 5) is 0. The van der Waals surface area contributed by atoms with Gasteiger partial charge in [0.2, 0.25) is 0 Å². The first-order chi connectivity index (χ1) is 4.70. The van der Waals surface area contributed by atoms with Crippen LogP contribution in [-0.2, 0) is 4.74 Å². The van der Waals surface area contributed by atoms with Gasteiger partial charge in [-0.3, -0.25) is 0 Å². The van der Waals surface area contributed by atoms with E-state index >= 15 is 0 Å². The molecule has 3 N–H and O–H groups in total. The number of ether oxygens (including phenoxy) is 1. The van der Waals surface area contributed by atoms with Crippen LogP contribution in [0.2, 0.25) is 0 Å². The molecule has 58 valence electrons. The summed E-state index contributed by atoms with van der Waals surface area (Å²) in [7, 11) is 0. The smallest absolute Gasteiger partial charge is 0.115 e. The number of epoxide rings is 1. The van der Waals surface area contributed by atoms with E-state index in [2.05, 4.69) is 0 Å². The summed E-state index contributed by atoms with van der Waals surface area (Å²) in [5.41, 5.74) is 0. The molecule has 0 aromatic heterocycles. The van der Waals surface area contributed by atoms with Gasteiger partial charge in [-0.15, -0.1) is 0 Å². The SMILES string of the molecule is O[C@H]1[C@@H]2O[C@@H]2[C@@H](O)C[C@H]1O. The highest BCUT2D eigenvalue weighted by molar-refractivity contribution is 5.03. The Labute approximate surface area is 58.0 Å². The van der Waals surface area contributed by atoms with Gasteiger partial charge in [-0.1, -0.05) is 0 Å². The summed E-state index contributed by atoms with van der Waals surface area (Å²) < 4.78 is 4.91. The van der Waals surface area contributed by atoms with E-state index in [1.807, 2.05) is 0 Å². The summed E-state index contributed by atoms with van der Waals surface area (Å²) in [6, 6.07) is 0. The monoisotopic (exact) mass is 146 g/mol. The standard InChI is InChI=1S/C6H10O4/c7-2-1-3(8)5-6(10-5)4(2)9/h2-9H,1H2/t2-,3+,4-,5-,6+/m1/s1. The predicted molar refractivity (Wildman–Crippen MR) is 31.3 cm³/mol. The van der Waals surface area contributed by atoms with Crippen LogP contribution in [-0.4, -0.2) is 45.8 Å². The Bertz CT molecular complexity index is 147. The number of aliphatic hydroxyl groups is 3. The van der Waals surface area contributed by atoms with Crippen LogP contribution in [0.4, 0.5) is 0 Å². The van der Waals surface area contributed by atoms with Gasteiger partial charge in [0.25, 0.3) is 0 Å². The molecule has 0 bridgehead atoms. The largest absolute Gasteiger partial charge is 0.390 e. The number of hydrogen-bond acceptors (Lipinski definition) is 4. The van der Waals surface area contributed by atoms with Crippen molar-refractivity contribution in [1.29, 1.82) is 0 Å². The molecule has 4 heteroatoms. The van der Waals surface area contributed by atoms with Crippen LogP contribution in [0, 0.1) is 0 Å². The quantitative estimate of drug-likeness (QED) is 0.354. The molecule has 0 aromatic rings. The molecule has 0 unspecified atom stereocenters. The zero-order valence-electron chi connectivity index (χ0n) is 5.34. The summed E-state index contributed by atoms with van der Waals surface area (Å²) in [5, 5.41) is 27.3. The van der Waals surface area contributed by atoms with Crippen LogP contribution in [0.1, 0.15) is 6.42 Å². The van der Waals surface area contributed by atoms with E-state index in [0.717, 1.165) is 0 Å². The Morgan fingerprint density at radius 3 is 2.40 bits per heavy atom. The molecule has 0 amide bonds. The molecule has 1 saturated heterocycles. The number of aliphatic hydroxyl groups excluding tert-OH is 3. The van der Waals surface area contributed by atoms with Gasteiger partial charge in [-0.05, 0) is 0 Å². The maximum Gasteiger partial charge on any atom is 0.115 e. The van der Waals surface area contributed by atoms with Crippen molar-refractivity contribution in [2.24, 2.45) is 0 Å². The third-order valence-corrected chi connectivity index (χ3v) is 2.15. The zero-order valence-corrected chi connectivity index (χ0v) is 5.34. The van der Waals surface area contributed by atoms with Gasteiger partial charge in [-0.2, -0.15) is 0 Å². The maximum absolute atomic E-state index is 9.12. The van der Waals surface area contributed by atoms with Crippen LogP contribution < -0.4 is 0 Å². The van der Waals surface area contributed by atoms with E-state index in [4.69, 9.17) is 20.1 Å². The van der Waals surface area contributed by atoms with Crippen molar-refractivity contribution in [3.8, 4) is 0 Å². The van der Waals surface area contributed by atoms with Crippen molar-refractivity contribution < 1.29 is 20.1 Å². The van der Waals surface area contributed by atoms with Crippen molar-refractivity contribution >= 4 is 0 Å². The van der Waals surface area contributed by atoms with E-state index in [-0.39, 0.29) is 18.6 Å². The highest BCUT2D eigenvalue weighted by Crippen LogP contribution is 2.36. The lowest BCUT2D eigenvalue weighted by molar-refractivity contribution is -0.0336. The third-order valence-electron chi connectivity index (χ3n) is 2.15. The van der Waals surface area contributed by atoms with Crippen LogP contribution in [0.15, 0.2) is 0 Å². The number of hydrogen-bond donors (Lipinski definition) is 3. The summed E-state index contributed by atoms with van der Waals surface area (Å²) in [5.74, 6) is 0. The van der Waals surface area contributed by atoms with Gasteiger partial charge in [-0.25, -0.2) is 0 Å². The molecule has 0 radical (unpaired) electrons. The second-order valence-corrected chi connectivity index (χ2v) is 2.93. The average Bonchev–Trinajstić information content (AvgIpc) is 2.61. The first kappa shape index (κ1) is 6.54. The Hall–Kier alpha value is -0.160. The zero-order chi connectivity index (χ0) is 7.30. The van der Waals surface area contributed by atoms with Gasteiger partial charge < -0.3 is 20.1 Å². The molecule has 0 aromatic carbocycles. The Morgan fingerprint density at radius 2 is 1.70 bits per heavy atom. The fraction of sp³-hybridized carbons (Fsp3) is 1.00. The van der Waals surface area contributed by atoms with Crippen molar-refractivity contribution in [1.82, 2.24) is 0 Å². The minimum Gasteiger partial charge on any atom is -0.390 e. The molecule has 2 aliphatic rings. The first-order valence-electron chi connectivity index (χ1n) is 3.40. The first-order valence-corrected chi connectivity index (χ1v) is 3.40. The average molecular weight is 146 g/mol. The van der Waals surface area contributed by atoms with E-state index in [0.29, 0.717) is 0 Å². The van der Waals surface area contributed by atoms with Gasteiger partial charge in [0.15, 0.2) is 0 Å². The maximum atomic E-state index is 9.12. The molecular formula is C6H10O4. The molecule has 10 heavy (non-hydrogen) atoms. The number of fused-ring (bicyclic) bond motifs is 1. The highest BCUT2D eigenvalue weighted by atomic mass is 16.6. The molecular weight excluding hydrogens is 136 g/mol. The lowest BCUT2D eigenvalue weighted by atomic mass is 9.93. The van der Waals surface area contributed by atoms with Crippen LogP contribution in [0.3, 0.4) is 0 Å². The number of rotatable bonds is 0. The highest BCUT2D eigenvalue weighted by Gasteiger charge is 2.55. The third kappa shape index (κ3) is 0.769. The molecule has 5 atom stereocenters. The Kier molecular flexibility index (Phi) is 1.25. The Balaban J connectivity index is 2.05. The summed E-state index contributed by atoms with van der Waals surface area (Å²) in [6.45, 7) is 0. The van der Waals surface area contributed by atoms with E-state index in [9.17, 15) is 0 Å². The fourth-order valence-corrected chi connectivity index (χ4v) is 1.46. The molecule has 1 aliphatic heterocycles. The van der Waals surface area contributed by atoms with Crippen molar-refractivity contribution in [2.75, 3.05) is 0 Å². The van der Waals surface area contributed by atoms with Gasteiger partial charge >= 0.3 is 0 Å². The lowest BCUT2D eigenvalue weighted by Gasteiger charge is -2.22. The summed E-state index contributed by atoms with van der Waals surface area (Å²) in [6.07, 6.45) is -2.53. The molecule has 4 nitrogen and oxygen atoms in total. The van der Waals surface area contributed by atoms with Crippen molar-refractivity contribution in [3.63, 3.8) is 0 Å². The van der Waals surface area contributed by atoms with Gasteiger partial charge in [0.1, 0.15) is 18.3 Å². The second kappa shape index (κ2) is 1.92.